The Bertz CT molecular complexity index is 565. The first-order chi connectivity index (χ1) is 13.1. The Balaban J connectivity index is 0.00000729. The first kappa shape index (κ1) is 26.4. The topological polar surface area (TPSA) is 84.0 Å². The second-order valence-corrected chi connectivity index (χ2v) is 6.36. The molecule has 0 aromatic heterocycles. The van der Waals surface area contributed by atoms with Crippen LogP contribution in [0.1, 0.15) is 32.8 Å². The number of hydrogen-bond acceptors (Lipinski definition) is 4. The van der Waals surface area contributed by atoms with Gasteiger partial charge in [-0.25, -0.2) is 4.99 Å². The Labute approximate surface area is 186 Å². The van der Waals surface area contributed by atoms with Gasteiger partial charge in [0.1, 0.15) is 5.75 Å². The average Bonchev–Trinajstić information content (AvgIpc) is 2.68. The van der Waals surface area contributed by atoms with Crippen LogP contribution in [0.2, 0.25) is 0 Å². The second-order valence-electron chi connectivity index (χ2n) is 6.36. The highest BCUT2D eigenvalue weighted by atomic mass is 127. The zero-order valence-corrected chi connectivity index (χ0v) is 19.7. The van der Waals surface area contributed by atoms with Gasteiger partial charge in [-0.15, -0.1) is 24.0 Å². The maximum atomic E-state index is 11.6. The fraction of sp³-hybridized carbons (Fsp3) is 0.600. The number of guanidine groups is 1. The molecule has 0 aliphatic heterocycles. The summed E-state index contributed by atoms with van der Waals surface area (Å²) in [5, 5.41) is 9.45. The molecule has 1 aromatic carbocycles. The Morgan fingerprint density at radius 1 is 1.07 bits per heavy atom. The second kappa shape index (κ2) is 16.4. The number of nitrogens with zero attached hydrogens (tertiary/aromatic N) is 1. The fourth-order valence-corrected chi connectivity index (χ4v) is 2.17. The van der Waals surface area contributed by atoms with Crippen molar-refractivity contribution in [1.29, 1.82) is 0 Å². The molecule has 0 aliphatic rings. The number of nitrogens with one attached hydrogen (secondary N) is 3. The van der Waals surface area contributed by atoms with Crippen molar-refractivity contribution >= 4 is 35.8 Å². The molecule has 28 heavy (non-hydrogen) atoms. The van der Waals surface area contributed by atoms with E-state index in [1.165, 1.54) is 0 Å². The van der Waals surface area contributed by atoms with Crippen molar-refractivity contribution < 1.29 is 14.3 Å². The van der Waals surface area contributed by atoms with E-state index >= 15 is 0 Å². The van der Waals surface area contributed by atoms with Crippen molar-refractivity contribution in [3.8, 4) is 5.75 Å². The number of carbonyl (C=O) groups is 1. The lowest BCUT2D eigenvalue weighted by molar-refractivity contribution is -0.123. The SMILES string of the molecule is CCOCCCNC(=NCc1ccc(OC)cc1)NCCNC(=O)C(C)C.I. The number of carbonyl (C=O) groups excluding carboxylic acids is 1. The van der Waals surface area contributed by atoms with Gasteiger partial charge in [0.05, 0.1) is 13.7 Å². The molecule has 160 valence electrons. The van der Waals surface area contributed by atoms with E-state index in [0.717, 1.165) is 43.5 Å². The van der Waals surface area contributed by atoms with Gasteiger partial charge in [-0.05, 0) is 31.0 Å². The number of methoxy groups -OCH3 is 1. The van der Waals surface area contributed by atoms with Crippen molar-refractivity contribution in [3.63, 3.8) is 0 Å². The van der Waals surface area contributed by atoms with Crippen molar-refractivity contribution in [2.45, 2.75) is 33.7 Å². The molecule has 0 saturated heterocycles. The molecule has 0 heterocycles. The van der Waals surface area contributed by atoms with Crippen LogP contribution in [-0.4, -0.2) is 51.8 Å². The number of ether oxygens (including phenoxy) is 2. The number of benzene rings is 1. The van der Waals surface area contributed by atoms with E-state index in [4.69, 9.17) is 9.47 Å². The van der Waals surface area contributed by atoms with Crippen molar-refractivity contribution in [2.24, 2.45) is 10.9 Å². The highest BCUT2D eigenvalue weighted by Crippen LogP contribution is 2.11. The molecule has 0 atom stereocenters. The Hall–Kier alpha value is -1.55. The summed E-state index contributed by atoms with van der Waals surface area (Å²) in [6.07, 6.45) is 0.904. The molecule has 1 rings (SSSR count). The van der Waals surface area contributed by atoms with Crippen LogP contribution in [0.25, 0.3) is 0 Å². The molecular formula is C20H35IN4O3. The maximum absolute atomic E-state index is 11.6. The molecule has 0 saturated carbocycles. The number of aliphatic imine (C=N–C) groups is 1. The van der Waals surface area contributed by atoms with E-state index in [0.29, 0.717) is 19.6 Å². The molecule has 3 N–H and O–H groups in total. The number of hydrogen-bond donors (Lipinski definition) is 3. The van der Waals surface area contributed by atoms with Crippen molar-refractivity contribution in [3.05, 3.63) is 29.8 Å². The largest absolute Gasteiger partial charge is 0.497 e. The Morgan fingerprint density at radius 3 is 2.32 bits per heavy atom. The van der Waals surface area contributed by atoms with Crippen LogP contribution in [0, 0.1) is 5.92 Å². The summed E-state index contributed by atoms with van der Waals surface area (Å²) in [7, 11) is 1.65. The van der Waals surface area contributed by atoms with E-state index in [2.05, 4.69) is 20.9 Å². The minimum Gasteiger partial charge on any atom is -0.497 e. The molecular weight excluding hydrogens is 471 g/mol. The molecule has 1 amide bonds. The summed E-state index contributed by atoms with van der Waals surface area (Å²) in [6.45, 7) is 9.69. The predicted molar refractivity (Wildman–Crippen MR) is 125 cm³/mol. The summed E-state index contributed by atoms with van der Waals surface area (Å²) in [5.41, 5.74) is 1.10. The van der Waals surface area contributed by atoms with Gasteiger partial charge in [0.2, 0.25) is 5.91 Å². The van der Waals surface area contributed by atoms with E-state index in [9.17, 15) is 4.79 Å². The van der Waals surface area contributed by atoms with Gasteiger partial charge < -0.3 is 25.4 Å². The summed E-state index contributed by atoms with van der Waals surface area (Å²) in [6, 6.07) is 7.85. The minimum absolute atomic E-state index is 0. The fourth-order valence-electron chi connectivity index (χ4n) is 2.17. The molecule has 7 nitrogen and oxygen atoms in total. The van der Waals surface area contributed by atoms with E-state index in [1.807, 2.05) is 45.0 Å². The molecule has 0 radical (unpaired) electrons. The maximum Gasteiger partial charge on any atom is 0.222 e. The van der Waals surface area contributed by atoms with Gasteiger partial charge in [0.25, 0.3) is 0 Å². The molecule has 1 aromatic rings. The number of rotatable bonds is 12. The third kappa shape index (κ3) is 12.0. The lowest BCUT2D eigenvalue weighted by Gasteiger charge is -2.14. The minimum atomic E-state index is -0.00935. The van der Waals surface area contributed by atoms with E-state index < -0.39 is 0 Å². The van der Waals surface area contributed by atoms with Crippen molar-refractivity contribution in [1.82, 2.24) is 16.0 Å². The van der Waals surface area contributed by atoms with Gasteiger partial charge >= 0.3 is 0 Å². The zero-order chi connectivity index (χ0) is 19.9. The summed E-state index contributed by atoms with van der Waals surface area (Å²) in [4.78, 5) is 16.2. The third-order valence-electron chi connectivity index (χ3n) is 3.78. The molecule has 0 fully saturated rings. The molecule has 0 unspecified atom stereocenters. The third-order valence-corrected chi connectivity index (χ3v) is 3.78. The van der Waals surface area contributed by atoms with E-state index in [1.54, 1.807) is 7.11 Å². The standard InChI is InChI=1S/C20H34N4O3.HI/c1-5-27-14-6-11-22-20(23-13-12-21-19(25)16(2)3)24-15-17-7-9-18(26-4)10-8-17;/h7-10,16H,5-6,11-15H2,1-4H3,(H,21,25)(H2,22,23,24);1H. The Kier molecular flexibility index (Phi) is 15.5. The lowest BCUT2D eigenvalue weighted by Crippen LogP contribution is -2.42. The van der Waals surface area contributed by atoms with Crippen molar-refractivity contribution in [2.75, 3.05) is 40.0 Å². The van der Waals surface area contributed by atoms with Crippen LogP contribution in [-0.2, 0) is 16.1 Å². The monoisotopic (exact) mass is 506 g/mol. The van der Waals surface area contributed by atoms with Gasteiger partial charge in [-0.2, -0.15) is 0 Å². The first-order valence-electron chi connectivity index (χ1n) is 9.57. The highest BCUT2D eigenvalue weighted by molar-refractivity contribution is 14.0. The number of halogens is 1. The molecule has 0 bridgehead atoms. The van der Waals surface area contributed by atoms with Gasteiger partial charge in [-0.3, -0.25) is 4.79 Å². The molecule has 0 spiro atoms. The van der Waals surface area contributed by atoms with Gasteiger partial charge in [0, 0.05) is 38.8 Å². The lowest BCUT2D eigenvalue weighted by atomic mass is 10.2. The van der Waals surface area contributed by atoms with Crippen LogP contribution < -0.4 is 20.7 Å². The van der Waals surface area contributed by atoms with Crippen LogP contribution >= 0.6 is 24.0 Å². The number of amides is 1. The highest BCUT2D eigenvalue weighted by Gasteiger charge is 2.05. The van der Waals surface area contributed by atoms with Crippen LogP contribution in [0.4, 0.5) is 0 Å². The van der Waals surface area contributed by atoms with Crippen LogP contribution in [0.15, 0.2) is 29.3 Å². The van der Waals surface area contributed by atoms with Crippen LogP contribution in [0.3, 0.4) is 0 Å². The average molecular weight is 506 g/mol. The molecule has 8 heteroatoms. The zero-order valence-electron chi connectivity index (χ0n) is 17.4. The first-order valence-corrected chi connectivity index (χ1v) is 9.57. The van der Waals surface area contributed by atoms with Crippen LogP contribution in [0.5, 0.6) is 5.75 Å². The predicted octanol–water partition coefficient (Wildman–Crippen LogP) is 2.55. The van der Waals surface area contributed by atoms with Gasteiger partial charge in [-0.1, -0.05) is 26.0 Å². The summed E-state index contributed by atoms with van der Waals surface area (Å²) in [5.74, 6) is 1.60. The smallest absolute Gasteiger partial charge is 0.222 e. The Morgan fingerprint density at radius 2 is 1.71 bits per heavy atom. The van der Waals surface area contributed by atoms with E-state index in [-0.39, 0.29) is 35.8 Å². The summed E-state index contributed by atoms with van der Waals surface area (Å²) < 4.78 is 10.5. The summed E-state index contributed by atoms with van der Waals surface area (Å²) >= 11 is 0. The van der Waals surface area contributed by atoms with Gasteiger partial charge in [0.15, 0.2) is 5.96 Å². The quantitative estimate of drug-likeness (QED) is 0.176. The molecule has 0 aliphatic carbocycles. The normalized spacial score (nSPS) is 11.0.